The van der Waals surface area contributed by atoms with E-state index in [1.54, 1.807) is 6.07 Å². The maximum atomic E-state index is 12.0. The van der Waals surface area contributed by atoms with Gasteiger partial charge < -0.3 is 5.32 Å². The van der Waals surface area contributed by atoms with E-state index in [0.29, 0.717) is 12.2 Å². The molecule has 1 aromatic rings. The van der Waals surface area contributed by atoms with Gasteiger partial charge in [-0.25, -0.2) is 0 Å². The molecule has 1 aromatic carbocycles. The van der Waals surface area contributed by atoms with Gasteiger partial charge in [0.1, 0.15) is 5.02 Å². The van der Waals surface area contributed by atoms with Crippen LogP contribution in [0.25, 0.3) is 0 Å². The third-order valence-electron chi connectivity index (χ3n) is 3.49. The van der Waals surface area contributed by atoms with E-state index in [0.717, 1.165) is 25.9 Å². The molecular formula is C14H18ClN3O3. The van der Waals surface area contributed by atoms with Crippen LogP contribution in [0.3, 0.4) is 0 Å². The number of nitro benzene ring substituents is 1. The number of benzene rings is 1. The number of nitrogens with one attached hydrogen (secondary N) is 1. The molecule has 1 aliphatic rings. The largest absolute Gasteiger partial charge is 0.325 e. The molecule has 1 fully saturated rings. The SMILES string of the molecule is O=C(CN1CCCCCC1)Nc1ccc(Cl)c([N+](=O)[O-])c1. The van der Waals surface area contributed by atoms with Gasteiger partial charge in [0.05, 0.1) is 11.5 Å². The first-order chi connectivity index (χ1) is 10.1. The van der Waals surface area contributed by atoms with Crippen LogP contribution in [0.5, 0.6) is 0 Å². The quantitative estimate of drug-likeness (QED) is 0.685. The van der Waals surface area contributed by atoms with Crippen molar-refractivity contribution in [2.24, 2.45) is 0 Å². The molecule has 0 spiro atoms. The van der Waals surface area contributed by atoms with Crippen molar-refractivity contribution in [1.82, 2.24) is 4.90 Å². The van der Waals surface area contributed by atoms with Crippen molar-refractivity contribution in [3.05, 3.63) is 33.3 Å². The number of likely N-dealkylation sites (tertiary alicyclic amines) is 1. The number of carbonyl (C=O) groups is 1. The fourth-order valence-electron chi connectivity index (χ4n) is 2.43. The first kappa shape index (κ1) is 15.7. The molecule has 0 radical (unpaired) electrons. The molecule has 1 heterocycles. The Hall–Kier alpha value is -1.66. The smallest absolute Gasteiger partial charge is 0.289 e. The summed E-state index contributed by atoms with van der Waals surface area (Å²) in [6, 6.07) is 4.26. The van der Waals surface area contributed by atoms with E-state index >= 15 is 0 Å². The topological polar surface area (TPSA) is 75.5 Å². The molecular weight excluding hydrogens is 294 g/mol. The van der Waals surface area contributed by atoms with Gasteiger partial charge in [-0.15, -0.1) is 0 Å². The Balaban J connectivity index is 1.95. The fourth-order valence-corrected chi connectivity index (χ4v) is 2.61. The van der Waals surface area contributed by atoms with E-state index in [1.807, 2.05) is 0 Å². The Morgan fingerprint density at radius 3 is 2.57 bits per heavy atom. The minimum Gasteiger partial charge on any atom is -0.325 e. The van der Waals surface area contributed by atoms with Crippen molar-refractivity contribution in [1.29, 1.82) is 0 Å². The molecule has 1 N–H and O–H groups in total. The first-order valence-electron chi connectivity index (χ1n) is 7.02. The summed E-state index contributed by atoms with van der Waals surface area (Å²) in [5.41, 5.74) is 0.190. The minimum atomic E-state index is -0.563. The Bertz CT molecular complexity index is 528. The van der Waals surface area contributed by atoms with Crippen molar-refractivity contribution in [2.45, 2.75) is 25.7 Å². The lowest BCUT2D eigenvalue weighted by atomic mass is 10.2. The van der Waals surface area contributed by atoms with Crippen LogP contribution < -0.4 is 5.32 Å². The number of nitro groups is 1. The molecule has 1 saturated heterocycles. The Morgan fingerprint density at radius 2 is 1.95 bits per heavy atom. The van der Waals surface area contributed by atoms with Crippen LogP contribution in [0.1, 0.15) is 25.7 Å². The molecule has 0 unspecified atom stereocenters. The number of carbonyl (C=O) groups excluding carboxylic acids is 1. The standard InChI is InChI=1S/C14H18ClN3O3/c15-12-6-5-11(9-13(12)18(20)21)16-14(19)10-17-7-3-1-2-4-8-17/h5-6,9H,1-4,7-8,10H2,(H,16,19). The van der Waals surface area contributed by atoms with Gasteiger partial charge in [0, 0.05) is 11.8 Å². The first-order valence-corrected chi connectivity index (χ1v) is 7.40. The van der Waals surface area contributed by atoms with Crippen LogP contribution in [0.4, 0.5) is 11.4 Å². The second-order valence-corrected chi connectivity index (χ2v) is 5.57. The van der Waals surface area contributed by atoms with Crippen LogP contribution in [0, 0.1) is 10.1 Å². The van der Waals surface area contributed by atoms with Gasteiger partial charge in [0.25, 0.3) is 5.69 Å². The summed E-state index contributed by atoms with van der Waals surface area (Å²) in [6.07, 6.45) is 4.64. The Kier molecular flexibility index (Phi) is 5.52. The number of nitrogens with zero attached hydrogens (tertiary/aromatic N) is 2. The number of anilines is 1. The zero-order valence-electron chi connectivity index (χ0n) is 11.7. The lowest BCUT2D eigenvalue weighted by molar-refractivity contribution is -0.384. The Labute approximate surface area is 128 Å². The molecule has 0 bridgehead atoms. The number of amides is 1. The molecule has 1 amide bonds. The molecule has 21 heavy (non-hydrogen) atoms. The van der Waals surface area contributed by atoms with E-state index in [1.165, 1.54) is 25.0 Å². The predicted molar refractivity (Wildman–Crippen MR) is 81.6 cm³/mol. The summed E-state index contributed by atoms with van der Waals surface area (Å²) in [6.45, 7) is 2.17. The molecule has 6 nitrogen and oxygen atoms in total. The van der Waals surface area contributed by atoms with Crippen LogP contribution in [0.2, 0.25) is 5.02 Å². The number of hydrogen-bond donors (Lipinski definition) is 1. The third-order valence-corrected chi connectivity index (χ3v) is 3.81. The molecule has 0 atom stereocenters. The number of halogens is 1. The summed E-state index contributed by atoms with van der Waals surface area (Å²) >= 11 is 5.74. The number of rotatable bonds is 4. The highest BCUT2D eigenvalue weighted by Crippen LogP contribution is 2.27. The highest BCUT2D eigenvalue weighted by Gasteiger charge is 2.16. The highest BCUT2D eigenvalue weighted by atomic mass is 35.5. The molecule has 0 aliphatic carbocycles. The summed E-state index contributed by atoms with van der Waals surface area (Å²) < 4.78 is 0. The van der Waals surface area contributed by atoms with Crippen molar-refractivity contribution < 1.29 is 9.72 Å². The summed E-state index contributed by atoms with van der Waals surface area (Å²) in [5, 5.41) is 13.6. The minimum absolute atomic E-state index is 0.0607. The van der Waals surface area contributed by atoms with Gasteiger partial charge in [0.2, 0.25) is 5.91 Å². The zero-order chi connectivity index (χ0) is 15.2. The van der Waals surface area contributed by atoms with Crippen LogP contribution >= 0.6 is 11.6 Å². The summed E-state index contributed by atoms with van der Waals surface area (Å²) in [7, 11) is 0. The second kappa shape index (κ2) is 7.38. The second-order valence-electron chi connectivity index (χ2n) is 5.16. The average Bonchev–Trinajstić information content (AvgIpc) is 2.69. The van der Waals surface area contributed by atoms with E-state index in [9.17, 15) is 14.9 Å². The van der Waals surface area contributed by atoms with Crippen molar-refractivity contribution >= 4 is 28.9 Å². The summed E-state index contributed by atoms with van der Waals surface area (Å²) in [5.74, 6) is -0.159. The fraction of sp³-hybridized carbons (Fsp3) is 0.500. The maximum absolute atomic E-state index is 12.0. The van der Waals surface area contributed by atoms with E-state index in [4.69, 9.17) is 11.6 Å². The summed E-state index contributed by atoms with van der Waals surface area (Å²) in [4.78, 5) is 24.4. The normalized spacial score (nSPS) is 16.2. The van der Waals surface area contributed by atoms with E-state index < -0.39 is 4.92 Å². The zero-order valence-corrected chi connectivity index (χ0v) is 12.4. The lowest BCUT2D eigenvalue weighted by Gasteiger charge is -2.18. The van der Waals surface area contributed by atoms with Crippen molar-refractivity contribution in [2.75, 3.05) is 25.0 Å². The van der Waals surface area contributed by atoms with Gasteiger partial charge in [0.15, 0.2) is 0 Å². The monoisotopic (exact) mass is 311 g/mol. The highest BCUT2D eigenvalue weighted by molar-refractivity contribution is 6.32. The van der Waals surface area contributed by atoms with Gasteiger partial charge in [-0.05, 0) is 38.1 Å². The van der Waals surface area contributed by atoms with Crippen LogP contribution in [0.15, 0.2) is 18.2 Å². The van der Waals surface area contributed by atoms with Gasteiger partial charge in [-0.2, -0.15) is 0 Å². The lowest BCUT2D eigenvalue weighted by Crippen LogP contribution is -2.33. The number of hydrogen-bond acceptors (Lipinski definition) is 4. The average molecular weight is 312 g/mol. The molecule has 0 aromatic heterocycles. The van der Waals surface area contributed by atoms with Crippen LogP contribution in [-0.2, 0) is 4.79 Å². The molecule has 7 heteroatoms. The molecule has 0 saturated carbocycles. The molecule has 114 valence electrons. The maximum Gasteiger partial charge on any atom is 0.289 e. The molecule has 1 aliphatic heterocycles. The van der Waals surface area contributed by atoms with Crippen molar-refractivity contribution in [3.8, 4) is 0 Å². The van der Waals surface area contributed by atoms with Gasteiger partial charge >= 0.3 is 0 Å². The predicted octanol–water partition coefficient (Wildman–Crippen LogP) is 3.06. The van der Waals surface area contributed by atoms with E-state index in [-0.39, 0.29) is 16.6 Å². The molecule has 2 rings (SSSR count). The van der Waals surface area contributed by atoms with Gasteiger partial charge in [-0.3, -0.25) is 19.8 Å². The third kappa shape index (κ3) is 4.68. The van der Waals surface area contributed by atoms with E-state index in [2.05, 4.69) is 10.2 Å². The van der Waals surface area contributed by atoms with Gasteiger partial charge in [-0.1, -0.05) is 24.4 Å². The van der Waals surface area contributed by atoms with Crippen LogP contribution in [-0.4, -0.2) is 35.4 Å². The van der Waals surface area contributed by atoms with Crippen molar-refractivity contribution in [3.63, 3.8) is 0 Å². The Morgan fingerprint density at radius 1 is 1.29 bits per heavy atom.